The molecule has 1 rings (SSSR count). The van der Waals surface area contributed by atoms with Gasteiger partial charge in [-0.2, -0.15) is 0 Å². The average molecular weight is 413 g/mol. The highest BCUT2D eigenvalue weighted by molar-refractivity contribution is 5.81. The van der Waals surface area contributed by atoms with Crippen LogP contribution in [0.2, 0.25) is 0 Å². The Labute approximate surface area is 176 Å². The van der Waals surface area contributed by atoms with E-state index in [1.165, 1.54) is 6.42 Å². The predicted octanol–water partition coefficient (Wildman–Crippen LogP) is 0.215. The van der Waals surface area contributed by atoms with Crippen molar-refractivity contribution in [3.63, 3.8) is 0 Å². The Bertz CT molecular complexity index is 431. The Morgan fingerprint density at radius 2 is 1.38 bits per heavy atom. The van der Waals surface area contributed by atoms with Crippen LogP contribution >= 0.6 is 0 Å². The second-order valence-corrected chi connectivity index (χ2v) is 8.02. The summed E-state index contributed by atoms with van der Waals surface area (Å²) in [4.78, 5) is 23.7. The van der Waals surface area contributed by atoms with E-state index < -0.39 is 6.04 Å². The van der Waals surface area contributed by atoms with Gasteiger partial charge in [0.1, 0.15) is 0 Å². The summed E-state index contributed by atoms with van der Waals surface area (Å²) in [5.41, 5.74) is 11.4. The molecular formula is C21H44N6O2. The summed E-state index contributed by atoms with van der Waals surface area (Å²) in [6.07, 6.45) is 9.84. The van der Waals surface area contributed by atoms with E-state index >= 15 is 0 Å². The number of hydrogen-bond donors (Lipinski definition) is 6. The van der Waals surface area contributed by atoms with Crippen LogP contribution in [-0.2, 0) is 9.59 Å². The predicted molar refractivity (Wildman–Crippen MR) is 118 cm³/mol. The van der Waals surface area contributed by atoms with E-state index in [1.807, 2.05) is 0 Å². The van der Waals surface area contributed by atoms with Gasteiger partial charge in [0.15, 0.2) is 0 Å². The fourth-order valence-corrected chi connectivity index (χ4v) is 3.18. The molecule has 0 heterocycles. The zero-order chi connectivity index (χ0) is 21.2. The molecule has 8 N–H and O–H groups in total. The van der Waals surface area contributed by atoms with Crippen LogP contribution in [0.15, 0.2) is 0 Å². The Morgan fingerprint density at radius 3 is 2.00 bits per heavy atom. The topological polar surface area (TPSA) is 134 Å². The maximum atomic E-state index is 12.0. The van der Waals surface area contributed by atoms with Gasteiger partial charge in [-0.1, -0.05) is 6.42 Å². The van der Waals surface area contributed by atoms with Crippen molar-refractivity contribution >= 4 is 11.8 Å². The number of rotatable bonds is 19. The first-order chi connectivity index (χ1) is 14.1. The van der Waals surface area contributed by atoms with E-state index in [-0.39, 0.29) is 17.7 Å². The lowest BCUT2D eigenvalue weighted by Crippen LogP contribution is -2.41. The van der Waals surface area contributed by atoms with E-state index in [9.17, 15) is 9.59 Å². The first kappa shape index (κ1) is 25.8. The van der Waals surface area contributed by atoms with Gasteiger partial charge in [0.05, 0.1) is 6.04 Å². The normalized spacial score (nSPS) is 15.0. The molecule has 1 aliphatic carbocycles. The Hall–Kier alpha value is -1.22. The van der Waals surface area contributed by atoms with Crippen molar-refractivity contribution in [2.24, 2.45) is 17.4 Å². The molecule has 0 unspecified atom stereocenters. The van der Waals surface area contributed by atoms with E-state index in [4.69, 9.17) is 11.5 Å². The molecule has 0 spiro atoms. The number of unbranched alkanes of at least 4 members (excludes halogenated alkanes) is 2. The van der Waals surface area contributed by atoms with Crippen LogP contribution in [0.4, 0.5) is 0 Å². The van der Waals surface area contributed by atoms with Gasteiger partial charge < -0.3 is 32.7 Å². The summed E-state index contributed by atoms with van der Waals surface area (Å²) < 4.78 is 0. The van der Waals surface area contributed by atoms with Crippen molar-refractivity contribution in [3.8, 4) is 0 Å². The highest BCUT2D eigenvalue weighted by Gasteiger charge is 2.24. The molecule has 29 heavy (non-hydrogen) atoms. The highest BCUT2D eigenvalue weighted by Crippen LogP contribution is 2.26. The first-order valence-electron chi connectivity index (χ1n) is 11.6. The second-order valence-electron chi connectivity index (χ2n) is 8.02. The smallest absolute Gasteiger partial charge is 0.236 e. The van der Waals surface area contributed by atoms with Crippen LogP contribution in [-0.4, -0.2) is 63.7 Å². The minimum atomic E-state index is -0.461. The van der Waals surface area contributed by atoms with E-state index in [1.54, 1.807) is 0 Å². The van der Waals surface area contributed by atoms with Crippen LogP contribution in [0.5, 0.6) is 0 Å². The van der Waals surface area contributed by atoms with Crippen LogP contribution in [0.25, 0.3) is 0 Å². The minimum absolute atomic E-state index is 0.0768. The third-order valence-electron chi connectivity index (χ3n) is 5.40. The van der Waals surface area contributed by atoms with Crippen molar-refractivity contribution in [1.29, 1.82) is 0 Å². The standard InChI is InChI=1S/C21H44N6O2/c22-11-6-14-24-12-3-4-13-25-15-7-17-27-21(29)19(23)10-1-2-16-26-20(28)18-8-5-9-18/h18-19,24-25H,1-17,22-23H2,(H,26,28)(H,27,29)/t19-/m1/s1. The fraction of sp³-hybridized carbons (Fsp3) is 0.905. The van der Waals surface area contributed by atoms with Gasteiger partial charge >= 0.3 is 0 Å². The molecule has 0 aromatic carbocycles. The number of carbonyl (C=O) groups is 2. The summed E-state index contributed by atoms with van der Waals surface area (Å²) >= 11 is 0. The van der Waals surface area contributed by atoms with Crippen molar-refractivity contribution in [3.05, 3.63) is 0 Å². The van der Waals surface area contributed by atoms with Gasteiger partial charge in [0.2, 0.25) is 11.8 Å². The molecule has 170 valence electrons. The summed E-state index contributed by atoms with van der Waals surface area (Å²) in [6.45, 7) is 6.03. The zero-order valence-electron chi connectivity index (χ0n) is 18.1. The zero-order valence-corrected chi connectivity index (χ0v) is 18.1. The summed E-state index contributed by atoms with van der Waals surface area (Å²) in [5, 5.41) is 12.6. The molecule has 0 aromatic rings. The highest BCUT2D eigenvalue weighted by atomic mass is 16.2. The number of nitrogens with one attached hydrogen (secondary N) is 4. The van der Waals surface area contributed by atoms with Gasteiger partial charge in [-0.3, -0.25) is 9.59 Å². The van der Waals surface area contributed by atoms with Crippen LogP contribution in [0.3, 0.4) is 0 Å². The van der Waals surface area contributed by atoms with Crippen molar-refractivity contribution in [2.45, 2.75) is 70.3 Å². The lowest BCUT2D eigenvalue weighted by atomic mass is 9.85. The molecule has 1 atom stereocenters. The van der Waals surface area contributed by atoms with E-state index in [0.717, 1.165) is 84.1 Å². The van der Waals surface area contributed by atoms with Crippen molar-refractivity contribution in [1.82, 2.24) is 21.3 Å². The summed E-state index contributed by atoms with van der Waals surface area (Å²) in [6, 6.07) is -0.461. The molecule has 0 saturated heterocycles. The second kappa shape index (κ2) is 17.6. The molecule has 1 saturated carbocycles. The maximum Gasteiger partial charge on any atom is 0.236 e. The number of hydrogen-bond acceptors (Lipinski definition) is 6. The number of carbonyl (C=O) groups excluding carboxylic acids is 2. The monoisotopic (exact) mass is 412 g/mol. The van der Waals surface area contributed by atoms with Crippen molar-refractivity contribution in [2.75, 3.05) is 45.8 Å². The number of nitrogens with two attached hydrogens (primary N) is 2. The molecule has 1 fully saturated rings. The Kier molecular flexibility index (Phi) is 15.7. The molecule has 8 nitrogen and oxygen atoms in total. The van der Waals surface area contributed by atoms with Gasteiger partial charge in [-0.15, -0.1) is 0 Å². The number of amides is 2. The Balaban J connectivity index is 1.83. The van der Waals surface area contributed by atoms with Crippen LogP contribution in [0.1, 0.15) is 64.2 Å². The largest absolute Gasteiger partial charge is 0.356 e. The molecule has 8 heteroatoms. The molecule has 0 bridgehead atoms. The van der Waals surface area contributed by atoms with Gasteiger partial charge in [0.25, 0.3) is 0 Å². The van der Waals surface area contributed by atoms with Gasteiger partial charge in [-0.25, -0.2) is 0 Å². The minimum Gasteiger partial charge on any atom is -0.356 e. The fourth-order valence-electron chi connectivity index (χ4n) is 3.18. The van der Waals surface area contributed by atoms with E-state index in [0.29, 0.717) is 19.5 Å². The molecule has 0 aliphatic heterocycles. The molecule has 1 aliphatic rings. The maximum absolute atomic E-state index is 12.0. The molecule has 0 aromatic heterocycles. The third kappa shape index (κ3) is 13.6. The third-order valence-corrected chi connectivity index (χ3v) is 5.40. The van der Waals surface area contributed by atoms with Gasteiger partial charge in [-0.05, 0) is 90.5 Å². The Morgan fingerprint density at radius 1 is 0.793 bits per heavy atom. The van der Waals surface area contributed by atoms with Gasteiger partial charge in [0, 0.05) is 19.0 Å². The van der Waals surface area contributed by atoms with Crippen LogP contribution < -0.4 is 32.7 Å². The molecular weight excluding hydrogens is 368 g/mol. The molecule has 0 radical (unpaired) electrons. The lowest BCUT2D eigenvalue weighted by Gasteiger charge is -2.24. The van der Waals surface area contributed by atoms with Crippen molar-refractivity contribution < 1.29 is 9.59 Å². The first-order valence-corrected chi connectivity index (χ1v) is 11.6. The van der Waals surface area contributed by atoms with Crippen LogP contribution in [0, 0.1) is 5.92 Å². The lowest BCUT2D eigenvalue weighted by molar-refractivity contribution is -0.127. The quantitative estimate of drug-likeness (QED) is 0.168. The van der Waals surface area contributed by atoms with E-state index in [2.05, 4.69) is 21.3 Å². The summed E-state index contributed by atoms with van der Waals surface area (Å²) in [5.74, 6) is 0.346. The molecule has 2 amide bonds. The summed E-state index contributed by atoms with van der Waals surface area (Å²) in [7, 11) is 0. The average Bonchev–Trinajstić information content (AvgIpc) is 2.66. The SMILES string of the molecule is NCCCNCCCCNCCCNC(=O)[C@H](N)CCCCNC(=O)C1CCC1.